The number of carbonyl (C=O) groups is 1. The first-order valence-corrected chi connectivity index (χ1v) is 7.07. The van der Waals surface area contributed by atoms with Crippen LogP contribution in [-0.2, 0) is 17.9 Å². The van der Waals surface area contributed by atoms with E-state index in [0.717, 1.165) is 39.0 Å². The Bertz CT molecular complexity index is 492. The number of halogens is 1. The van der Waals surface area contributed by atoms with Crippen molar-refractivity contribution in [1.82, 2.24) is 10.2 Å². The molecule has 110 valence electrons. The molecule has 1 aromatic carbocycles. The zero-order chi connectivity index (χ0) is 13.2. The Morgan fingerprint density at radius 3 is 3.05 bits per heavy atom. The molecule has 0 aromatic heterocycles. The van der Waals surface area contributed by atoms with Gasteiger partial charge in [0.25, 0.3) is 0 Å². The number of amides is 1. The zero-order valence-corrected chi connectivity index (χ0v) is 12.6. The maximum atomic E-state index is 11.5. The van der Waals surface area contributed by atoms with E-state index in [0.29, 0.717) is 6.04 Å². The molecule has 2 aliphatic heterocycles. The summed E-state index contributed by atoms with van der Waals surface area (Å²) in [5, 5.41) is 7.02. The Balaban J connectivity index is 0.00000147. The van der Waals surface area contributed by atoms with Crippen LogP contribution in [0.2, 0.25) is 0 Å². The van der Waals surface area contributed by atoms with Crippen LogP contribution in [0.3, 0.4) is 0 Å². The second kappa shape index (κ2) is 6.46. The van der Waals surface area contributed by atoms with E-state index in [1.54, 1.807) is 6.92 Å². The summed E-state index contributed by atoms with van der Waals surface area (Å²) in [6.07, 6.45) is 2.23. The van der Waals surface area contributed by atoms with Gasteiger partial charge >= 0.3 is 0 Å². The molecule has 1 saturated heterocycles. The van der Waals surface area contributed by atoms with Crippen molar-refractivity contribution < 1.29 is 4.79 Å². The van der Waals surface area contributed by atoms with Crippen LogP contribution >= 0.6 is 12.4 Å². The van der Waals surface area contributed by atoms with E-state index in [2.05, 4.69) is 28.8 Å². The summed E-state index contributed by atoms with van der Waals surface area (Å²) in [7, 11) is 0. The zero-order valence-electron chi connectivity index (χ0n) is 11.8. The number of rotatable bonds is 2. The van der Waals surface area contributed by atoms with Crippen molar-refractivity contribution in [2.45, 2.75) is 38.9 Å². The van der Waals surface area contributed by atoms with Crippen molar-refractivity contribution in [3.8, 4) is 0 Å². The van der Waals surface area contributed by atoms with E-state index < -0.39 is 0 Å². The second-order valence-electron chi connectivity index (χ2n) is 5.50. The van der Waals surface area contributed by atoms with Crippen molar-refractivity contribution in [3.05, 3.63) is 29.3 Å². The van der Waals surface area contributed by atoms with Crippen LogP contribution < -0.4 is 10.6 Å². The van der Waals surface area contributed by atoms with Crippen molar-refractivity contribution in [3.63, 3.8) is 0 Å². The summed E-state index contributed by atoms with van der Waals surface area (Å²) < 4.78 is 0. The highest BCUT2D eigenvalue weighted by Gasteiger charge is 2.23. The number of benzene rings is 1. The molecular weight excluding hydrogens is 274 g/mol. The summed E-state index contributed by atoms with van der Waals surface area (Å²) >= 11 is 0. The summed E-state index contributed by atoms with van der Waals surface area (Å²) in [5.74, 6) is 0.187. The van der Waals surface area contributed by atoms with Crippen molar-refractivity contribution in [2.24, 2.45) is 0 Å². The fraction of sp³-hybridized carbons (Fsp3) is 0.533. The lowest BCUT2D eigenvalue weighted by atomic mass is 10.0. The normalized spacial score (nSPS) is 21.1. The van der Waals surface area contributed by atoms with E-state index in [4.69, 9.17) is 0 Å². The molecule has 0 spiro atoms. The van der Waals surface area contributed by atoms with Crippen molar-refractivity contribution >= 4 is 24.0 Å². The predicted molar refractivity (Wildman–Crippen MR) is 83.1 cm³/mol. The molecule has 3 rings (SSSR count). The molecule has 1 aromatic rings. The molecule has 0 bridgehead atoms. The number of hydrogen-bond acceptors (Lipinski definition) is 3. The lowest BCUT2D eigenvalue weighted by Gasteiger charge is -2.33. The topological polar surface area (TPSA) is 44.4 Å². The molecule has 1 amide bonds. The van der Waals surface area contributed by atoms with Crippen LogP contribution in [0, 0.1) is 0 Å². The van der Waals surface area contributed by atoms with Crippen LogP contribution in [0.5, 0.6) is 0 Å². The van der Waals surface area contributed by atoms with Gasteiger partial charge in [0.05, 0.1) is 0 Å². The Labute approximate surface area is 126 Å². The van der Waals surface area contributed by atoms with Gasteiger partial charge < -0.3 is 15.5 Å². The molecule has 1 fully saturated rings. The molecule has 5 heteroatoms. The van der Waals surface area contributed by atoms with Gasteiger partial charge in [0.15, 0.2) is 0 Å². The maximum absolute atomic E-state index is 11.5. The van der Waals surface area contributed by atoms with Crippen molar-refractivity contribution in [1.29, 1.82) is 0 Å². The average molecular weight is 296 g/mol. The third-order valence-corrected chi connectivity index (χ3v) is 4.12. The van der Waals surface area contributed by atoms with Crippen LogP contribution in [0.4, 0.5) is 5.69 Å². The van der Waals surface area contributed by atoms with Gasteiger partial charge in [-0.25, -0.2) is 0 Å². The van der Waals surface area contributed by atoms with E-state index in [9.17, 15) is 4.79 Å². The first kappa shape index (κ1) is 15.1. The number of nitrogens with zero attached hydrogens (tertiary/aromatic N) is 1. The monoisotopic (exact) mass is 295 g/mol. The average Bonchev–Trinajstić information content (AvgIpc) is 2.88. The van der Waals surface area contributed by atoms with Gasteiger partial charge in [0.1, 0.15) is 0 Å². The minimum Gasteiger partial charge on any atom is -0.380 e. The predicted octanol–water partition coefficient (Wildman–Crippen LogP) is 2.13. The third-order valence-electron chi connectivity index (χ3n) is 4.12. The Hall–Kier alpha value is -1.26. The van der Waals surface area contributed by atoms with Crippen LogP contribution in [-0.4, -0.2) is 29.9 Å². The molecule has 2 N–H and O–H groups in total. The lowest BCUT2D eigenvalue weighted by molar-refractivity contribution is -0.129. The molecule has 2 heterocycles. The number of fused-ring (bicyclic) bond motifs is 1. The molecular formula is C15H22ClN3O. The van der Waals surface area contributed by atoms with Crippen LogP contribution in [0.1, 0.15) is 30.9 Å². The van der Waals surface area contributed by atoms with Gasteiger partial charge in [-0.3, -0.25) is 4.79 Å². The number of anilines is 1. The first-order valence-electron chi connectivity index (χ1n) is 7.07. The minimum absolute atomic E-state index is 0. The third kappa shape index (κ3) is 3.07. The quantitative estimate of drug-likeness (QED) is 0.878. The Kier molecular flexibility index (Phi) is 4.89. The smallest absolute Gasteiger partial charge is 0.219 e. The molecule has 1 atom stereocenters. The number of likely N-dealkylation sites (tertiary alicyclic amines) is 1. The SMILES string of the molecule is CC(=O)N1CCC[C@H](Nc2cccc3c2CNC3)C1.Cl. The fourth-order valence-corrected chi connectivity index (χ4v) is 3.07. The summed E-state index contributed by atoms with van der Waals surface area (Å²) in [5.41, 5.74) is 4.02. The second-order valence-corrected chi connectivity index (χ2v) is 5.50. The molecule has 0 saturated carbocycles. The minimum atomic E-state index is 0. The summed E-state index contributed by atoms with van der Waals surface area (Å²) in [6, 6.07) is 6.83. The highest BCUT2D eigenvalue weighted by molar-refractivity contribution is 5.85. The number of carbonyl (C=O) groups excluding carboxylic acids is 1. The maximum Gasteiger partial charge on any atom is 0.219 e. The van der Waals surface area contributed by atoms with E-state index in [1.807, 2.05) is 4.90 Å². The van der Waals surface area contributed by atoms with Crippen LogP contribution in [0.25, 0.3) is 0 Å². The molecule has 0 radical (unpaired) electrons. The van der Waals surface area contributed by atoms with E-state index in [1.165, 1.54) is 16.8 Å². The van der Waals surface area contributed by atoms with Gasteiger partial charge in [-0.1, -0.05) is 12.1 Å². The van der Waals surface area contributed by atoms with Crippen molar-refractivity contribution in [2.75, 3.05) is 18.4 Å². The summed E-state index contributed by atoms with van der Waals surface area (Å²) in [6.45, 7) is 5.30. The molecule has 4 nitrogen and oxygen atoms in total. The molecule has 20 heavy (non-hydrogen) atoms. The standard InChI is InChI=1S/C15H21N3O.ClH/c1-11(19)18-7-3-5-13(10-18)17-15-6-2-4-12-8-16-9-14(12)15;/h2,4,6,13,16-17H,3,5,7-10H2,1H3;1H/t13-;/m0./s1. The van der Waals surface area contributed by atoms with E-state index >= 15 is 0 Å². The number of hydrogen-bond donors (Lipinski definition) is 2. The van der Waals surface area contributed by atoms with Gasteiger partial charge in [0, 0.05) is 44.8 Å². The first-order chi connectivity index (χ1) is 9.24. The van der Waals surface area contributed by atoms with Gasteiger partial charge in [-0.05, 0) is 30.0 Å². The number of nitrogens with one attached hydrogen (secondary N) is 2. The number of piperidine rings is 1. The van der Waals surface area contributed by atoms with Crippen LogP contribution in [0.15, 0.2) is 18.2 Å². The molecule has 0 unspecified atom stereocenters. The van der Waals surface area contributed by atoms with Gasteiger partial charge in [-0.15, -0.1) is 12.4 Å². The van der Waals surface area contributed by atoms with Gasteiger partial charge in [-0.2, -0.15) is 0 Å². The highest BCUT2D eigenvalue weighted by Crippen LogP contribution is 2.26. The van der Waals surface area contributed by atoms with E-state index in [-0.39, 0.29) is 18.3 Å². The lowest BCUT2D eigenvalue weighted by Crippen LogP contribution is -2.44. The highest BCUT2D eigenvalue weighted by atomic mass is 35.5. The Morgan fingerprint density at radius 1 is 1.40 bits per heavy atom. The molecule has 0 aliphatic carbocycles. The van der Waals surface area contributed by atoms with Gasteiger partial charge in [0.2, 0.25) is 5.91 Å². The summed E-state index contributed by atoms with van der Waals surface area (Å²) in [4.78, 5) is 13.4. The molecule has 2 aliphatic rings. The largest absolute Gasteiger partial charge is 0.380 e. The fourth-order valence-electron chi connectivity index (χ4n) is 3.07. The Morgan fingerprint density at radius 2 is 2.25 bits per heavy atom.